The summed E-state index contributed by atoms with van der Waals surface area (Å²) in [7, 11) is 1.45. The standard InChI is InChI=1S/C13H10N4O4/c1-21-9-3-2-8(17-6-14-5-16-17)11-10(9)7(4-15-11)12(18)13(19)20/h2-6,15H,1H3,(H,19,20). The molecule has 3 aromatic rings. The van der Waals surface area contributed by atoms with Gasteiger partial charge in [-0.25, -0.2) is 14.5 Å². The number of aromatic amines is 1. The van der Waals surface area contributed by atoms with Crippen LogP contribution in [0.15, 0.2) is 31.0 Å². The van der Waals surface area contributed by atoms with Gasteiger partial charge in [-0.1, -0.05) is 0 Å². The Kier molecular flexibility index (Phi) is 2.90. The summed E-state index contributed by atoms with van der Waals surface area (Å²) < 4.78 is 6.73. The number of aromatic nitrogens is 4. The number of carboxylic acids is 1. The lowest BCUT2D eigenvalue weighted by atomic mass is 10.1. The quantitative estimate of drug-likeness (QED) is 0.547. The van der Waals surface area contributed by atoms with Crippen LogP contribution in [0.2, 0.25) is 0 Å². The van der Waals surface area contributed by atoms with E-state index in [1.165, 1.54) is 30.6 Å². The van der Waals surface area contributed by atoms with Gasteiger partial charge in [0, 0.05) is 6.20 Å². The lowest BCUT2D eigenvalue weighted by molar-refractivity contribution is -0.131. The number of H-pyrrole nitrogens is 1. The summed E-state index contributed by atoms with van der Waals surface area (Å²) in [6.45, 7) is 0. The summed E-state index contributed by atoms with van der Waals surface area (Å²) in [5.41, 5.74) is 1.22. The Labute approximate surface area is 118 Å². The fourth-order valence-electron chi connectivity index (χ4n) is 2.19. The van der Waals surface area contributed by atoms with Crippen LogP contribution >= 0.6 is 0 Å². The Bertz CT molecular complexity index is 835. The highest BCUT2D eigenvalue weighted by Gasteiger charge is 2.23. The van der Waals surface area contributed by atoms with E-state index in [1.54, 1.807) is 12.1 Å². The zero-order valence-electron chi connectivity index (χ0n) is 10.9. The highest BCUT2D eigenvalue weighted by Crippen LogP contribution is 2.32. The summed E-state index contributed by atoms with van der Waals surface area (Å²) in [5.74, 6) is -2.13. The van der Waals surface area contributed by atoms with Crippen LogP contribution in [0, 0.1) is 0 Å². The highest BCUT2D eigenvalue weighted by molar-refractivity contribution is 6.42. The number of methoxy groups -OCH3 is 1. The molecule has 2 N–H and O–H groups in total. The molecule has 2 heterocycles. The normalized spacial score (nSPS) is 10.7. The van der Waals surface area contributed by atoms with Crippen molar-refractivity contribution in [2.75, 3.05) is 7.11 Å². The van der Waals surface area contributed by atoms with E-state index in [4.69, 9.17) is 9.84 Å². The molecule has 106 valence electrons. The first kappa shape index (κ1) is 12.9. The Morgan fingerprint density at radius 2 is 2.19 bits per heavy atom. The van der Waals surface area contributed by atoms with Crippen molar-refractivity contribution in [2.45, 2.75) is 0 Å². The molecule has 0 amide bonds. The number of carbonyl (C=O) groups is 2. The van der Waals surface area contributed by atoms with Crippen LogP contribution in [0.1, 0.15) is 10.4 Å². The SMILES string of the molecule is COc1ccc(-n2cncn2)c2[nH]cc(C(=O)C(=O)O)c12. The summed E-state index contributed by atoms with van der Waals surface area (Å²) in [5, 5.41) is 13.3. The predicted octanol–water partition coefficient (Wildman–Crippen LogP) is 1.02. The molecular formula is C13H10N4O4. The van der Waals surface area contributed by atoms with Gasteiger partial charge >= 0.3 is 5.97 Å². The summed E-state index contributed by atoms with van der Waals surface area (Å²) in [6, 6.07) is 3.38. The number of hydrogen-bond acceptors (Lipinski definition) is 5. The third-order valence-electron chi connectivity index (χ3n) is 3.10. The van der Waals surface area contributed by atoms with E-state index in [2.05, 4.69) is 15.1 Å². The van der Waals surface area contributed by atoms with Crippen LogP contribution in [-0.4, -0.2) is 43.7 Å². The van der Waals surface area contributed by atoms with Crippen molar-refractivity contribution in [1.82, 2.24) is 19.7 Å². The Morgan fingerprint density at radius 3 is 2.81 bits per heavy atom. The number of fused-ring (bicyclic) bond motifs is 1. The first-order valence-electron chi connectivity index (χ1n) is 5.94. The minimum Gasteiger partial charge on any atom is -0.496 e. The van der Waals surface area contributed by atoms with Gasteiger partial charge < -0.3 is 14.8 Å². The lowest BCUT2D eigenvalue weighted by Crippen LogP contribution is -2.12. The second-order valence-electron chi connectivity index (χ2n) is 4.21. The fraction of sp³-hybridized carbons (Fsp3) is 0.0769. The van der Waals surface area contributed by atoms with Crippen molar-refractivity contribution in [3.63, 3.8) is 0 Å². The van der Waals surface area contributed by atoms with Gasteiger partial charge in [-0.05, 0) is 12.1 Å². The molecule has 0 fully saturated rings. The Hall–Kier alpha value is -3.16. The summed E-state index contributed by atoms with van der Waals surface area (Å²) in [4.78, 5) is 29.5. The molecule has 3 rings (SSSR count). The summed E-state index contributed by atoms with van der Waals surface area (Å²) in [6.07, 6.45) is 4.23. The maximum atomic E-state index is 11.8. The molecule has 0 unspecified atom stereocenters. The van der Waals surface area contributed by atoms with Crippen LogP contribution in [0.3, 0.4) is 0 Å². The molecule has 0 aliphatic carbocycles. The van der Waals surface area contributed by atoms with Crippen molar-refractivity contribution in [2.24, 2.45) is 0 Å². The molecule has 21 heavy (non-hydrogen) atoms. The fourth-order valence-corrected chi connectivity index (χ4v) is 2.19. The average molecular weight is 286 g/mol. The van der Waals surface area contributed by atoms with Crippen LogP contribution < -0.4 is 4.74 Å². The van der Waals surface area contributed by atoms with Crippen molar-refractivity contribution in [3.8, 4) is 11.4 Å². The van der Waals surface area contributed by atoms with Crippen molar-refractivity contribution in [3.05, 3.63) is 36.5 Å². The minimum atomic E-state index is -1.52. The second kappa shape index (κ2) is 4.75. The maximum Gasteiger partial charge on any atom is 0.377 e. The lowest BCUT2D eigenvalue weighted by Gasteiger charge is -2.07. The van der Waals surface area contributed by atoms with Crippen LogP contribution in [0.4, 0.5) is 0 Å². The number of hydrogen-bond donors (Lipinski definition) is 2. The number of benzene rings is 1. The van der Waals surface area contributed by atoms with E-state index in [0.29, 0.717) is 22.3 Å². The molecule has 0 saturated heterocycles. The molecular weight excluding hydrogens is 276 g/mol. The van der Waals surface area contributed by atoms with E-state index >= 15 is 0 Å². The van der Waals surface area contributed by atoms with Gasteiger partial charge in [-0.15, -0.1) is 0 Å². The molecule has 0 aliphatic heterocycles. The van der Waals surface area contributed by atoms with Gasteiger partial charge in [-0.3, -0.25) is 4.79 Å². The number of nitrogens with one attached hydrogen (secondary N) is 1. The monoisotopic (exact) mass is 286 g/mol. The van der Waals surface area contributed by atoms with Gasteiger partial charge in [0.25, 0.3) is 5.78 Å². The zero-order valence-corrected chi connectivity index (χ0v) is 10.9. The largest absolute Gasteiger partial charge is 0.496 e. The van der Waals surface area contributed by atoms with E-state index in [-0.39, 0.29) is 5.56 Å². The van der Waals surface area contributed by atoms with Gasteiger partial charge in [0.2, 0.25) is 0 Å². The Balaban J connectivity index is 2.32. The highest BCUT2D eigenvalue weighted by atomic mass is 16.5. The molecule has 0 spiro atoms. The van der Waals surface area contributed by atoms with Gasteiger partial charge in [0.1, 0.15) is 18.4 Å². The van der Waals surface area contributed by atoms with Crippen LogP contribution in [-0.2, 0) is 4.79 Å². The molecule has 8 heteroatoms. The number of carboxylic acid groups (broad SMARTS) is 1. The number of ether oxygens (including phenoxy) is 1. The molecule has 0 atom stereocenters. The molecule has 0 bridgehead atoms. The number of Topliss-reactive ketones (excluding diaryl/α,β-unsaturated/α-hetero) is 1. The molecule has 0 aliphatic rings. The predicted molar refractivity (Wildman–Crippen MR) is 71.7 cm³/mol. The molecule has 0 saturated carbocycles. The number of carbonyl (C=O) groups excluding carboxylic acids is 1. The second-order valence-corrected chi connectivity index (χ2v) is 4.21. The molecule has 1 aromatic carbocycles. The molecule has 8 nitrogen and oxygen atoms in total. The smallest absolute Gasteiger partial charge is 0.377 e. The van der Waals surface area contributed by atoms with Crippen molar-refractivity contribution in [1.29, 1.82) is 0 Å². The summed E-state index contributed by atoms with van der Waals surface area (Å²) >= 11 is 0. The third-order valence-corrected chi connectivity index (χ3v) is 3.10. The Morgan fingerprint density at radius 1 is 1.38 bits per heavy atom. The minimum absolute atomic E-state index is 0.0383. The van der Waals surface area contributed by atoms with Crippen LogP contribution in [0.5, 0.6) is 5.75 Å². The van der Waals surface area contributed by atoms with E-state index in [0.717, 1.165) is 0 Å². The number of rotatable bonds is 4. The number of ketones is 1. The first-order chi connectivity index (χ1) is 10.1. The topological polar surface area (TPSA) is 110 Å². The van der Waals surface area contributed by atoms with Crippen LogP contribution in [0.25, 0.3) is 16.6 Å². The van der Waals surface area contributed by atoms with E-state index < -0.39 is 11.8 Å². The number of nitrogens with zero attached hydrogens (tertiary/aromatic N) is 3. The molecule has 0 radical (unpaired) electrons. The first-order valence-corrected chi connectivity index (χ1v) is 5.94. The van der Waals surface area contributed by atoms with Crippen molar-refractivity contribution < 1.29 is 19.4 Å². The van der Waals surface area contributed by atoms with Crippen molar-refractivity contribution >= 4 is 22.7 Å². The number of aliphatic carboxylic acids is 1. The van der Waals surface area contributed by atoms with Gasteiger partial charge in [0.05, 0.1) is 29.3 Å². The maximum absolute atomic E-state index is 11.8. The van der Waals surface area contributed by atoms with E-state index in [9.17, 15) is 9.59 Å². The molecule has 2 aromatic heterocycles. The average Bonchev–Trinajstić information content (AvgIpc) is 3.14. The van der Waals surface area contributed by atoms with Gasteiger partial charge in [-0.2, -0.15) is 5.10 Å². The third kappa shape index (κ3) is 1.93. The van der Waals surface area contributed by atoms with Gasteiger partial charge in [0.15, 0.2) is 0 Å². The zero-order chi connectivity index (χ0) is 15.0. The van der Waals surface area contributed by atoms with E-state index in [1.807, 2.05) is 0 Å².